The summed E-state index contributed by atoms with van der Waals surface area (Å²) < 4.78 is 7.45. The Bertz CT molecular complexity index is 758. The molecule has 3 rings (SSSR count). The van der Waals surface area contributed by atoms with Crippen molar-refractivity contribution in [3.8, 4) is 0 Å². The zero-order chi connectivity index (χ0) is 18.4. The van der Waals surface area contributed by atoms with Gasteiger partial charge >= 0.3 is 0 Å². The van der Waals surface area contributed by atoms with E-state index in [1.54, 1.807) is 13.2 Å². The lowest BCUT2D eigenvalue weighted by atomic mass is 9.74. The predicted molar refractivity (Wildman–Crippen MR) is 120 cm³/mol. The Morgan fingerprint density at radius 1 is 1.26 bits per heavy atom. The van der Waals surface area contributed by atoms with Crippen molar-refractivity contribution in [3.63, 3.8) is 0 Å². The summed E-state index contributed by atoms with van der Waals surface area (Å²) in [5.41, 5.74) is 2.22. The van der Waals surface area contributed by atoms with Gasteiger partial charge in [-0.05, 0) is 30.5 Å². The van der Waals surface area contributed by atoms with Crippen LogP contribution in [0.5, 0.6) is 0 Å². The first-order chi connectivity index (χ1) is 12.6. The predicted octanol–water partition coefficient (Wildman–Crippen LogP) is 3.10. The lowest BCUT2D eigenvalue weighted by Gasteiger charge is -2.38. The second-order valence-corrected chi connectivity index (χ2v) is 7.01. The van der Waals surface area contributed by atoms with Crippen LogP contribution in [-0.2, 0) is 23.7 Å². The molecule has 2 aromatic rings. The summed E-state index contributed by atoms with van der Waals surface area (Å²) in [4.78, 5) is 4.35. The van der Waals surface area contributed by atoms with E-state index in [4.69, 9.17) is 16.3 Å². The molecule has 1 fully saturated rings. The number of rotatable bonds is 5. The van der Waals surface area contributed by atoms with Crippen LogP contribution < -0.4 is 10.6 Å². The first kappa shape index (κ1) is 22.0. The average molecular weight is 504 g/mol. The van der Waals surface area contributed by atoms with E-state index in [1.807, 2.05) is 36.0 Å². The van der Waals surface area contributed by atoms with E-state index in [9.17, 15) is 0 Å². The van der Waals surface area contributed by atoms with Gasteiger partial charge in [0, 0.05) is 50.5 Å². The topological polar surface area (TPSA) is 63.5 Å². The second-order valence-electron chi connectivity index (χ2n) is 6.60. The lowest BCUT2D eigenvalue weighted by Crippen LogP contribution is -2.48. The first-order valence-electron chi connectivity index (χ1n) is 8.89. The highest BCUT2D eigenvalue weighted by atomic mass is 127. The van der Waals surface area contributed by atoms with Gasteiger partial charge in [0.2, 0.25) is 0 Å². The Labute approximate surface area is 182 Å². The number of aryl methyl sites for hydroxylation is 1. The number of guanidine groups is 1. The molecule has 8 heteroatoms. The smallest absolute Gasteiger partial charge is 0.191 e. The van der Waals surface area contributed by atoms with Crippen LogP contribution in [0.2, 0.25) is 5.02 Å². The summed E-state index contributed by atoms with van der Waals surface area (Å²) >= 11 is 6.52. The molecule has 27 heavy (non-hydrogen) atoms. The standard InChI is InChI=1S/C19H26ClN5O.HI/c1-21-18(22-13-15-7-10-24-25(15)2)23-14-19(8-11-26-12-9-19)16-5-3-4-6-17(16)20;/h3-7,10H,8-9,11-14H2,1-2H3,(H2,21,22,23);1H. The Morgan fingerprint density at radius 3 is 2.63 bits per heavy atom. The lowest BCUT2D eigenvalue weighted by molar-refractivity contribution is 0.0514. The molecule has 1 aliphatic heterocycles. The van der Waals surface area contributed by atoms with Gasteiger partial charge in [0.25, 0.3) is 0 Å². The molecule has 148 valence electrons. The van der Waals surface area contributed by atoms with Crippen LogP contribution >= 0.6 is 35.6 Å². The third kappa shape index (κ3) is 5.36. The molecule has 0 saturated carbocycles. The third-order valence-electron chi connectivity index (χ3n) is 5.07. The maximum absolute atomic E-state index is 6.52. The molecule has 1 aliphatic rings. The van der Waals surface area contributed by atoms with Gasteiger partial charge in [0.1, 0.15) is 0 Å². The number of hydrogen-bond donors (Lipinski definition) is 2. The average Bonchev–Trinajstić information content (AvgIpc) is 3.08. The van der Waals surface area contributed by atoms with Gasteiger partial charge in [-0.2, -0.15) is 5.10 Å². The molecule has 1 saturated heterocycles. The van der Waals surface area contributed by atoms with Crippen molar-refractivity contribution in [1.29, 1.82) is 0 Å². The minimum absolute atomic E-state index is 0. The minimum Gasteiger partial charge on any atom is -0.381 e. The van der Waals surface area contributed by atoms with E-state index in [2.05, 4.69) is 26.8 Å². The monoisotopic (exact) mass is 503 g/mol. The Morgan fingerprint density at radius 2 is 2.00 bits per heavy atom. The summed E-state index contributed by atoms with van der Waals surface area (Å²) in [6, 6.07) is 10.1. The van der Waals surface area contributed by atoms with Crippen LogP contribution in [0.3, 0.4) is 0 Å². The SMILES string of the molecule is CN=C(NCc1ccnn1C)NCC1(c2ccccc2Cl)CCOCC1.I. The first-order valence-corrected chi connectivity index (χ1v) is 9.26. The fourth-order valence-corrected chi connectivity index (χ4v) is 3.75. The number of hydrogen-bond acceptors (Lipinski definition) is 3. The fourth-order valence-electron chi connectivity index (χ4n) is 3.42. The molecule has 0 atom stereocenters. The third-order valence-corrected chi connectivity index (χ3v) is 5.40. The number of nitrogens with zero attached hydrogens (tertiary/aromatic N) is 3. The molecule has 2 N–H and O–H groups in total. The summed E-state index contributed by atoms with van der Waals surface area (Å²) in [5, 5.41) is 11.8. The second kappa shape index (κ2) is 10.3. The van der Waals surface area contributed by atoms with Gasteiger partial charge in [-0.1, -0.05) is 29.8 Å². The highest BCUT2D eigenvalue weighted by Gasteiger charge is 2.36. The number of halogens is 2. The molecule has 0 radical (unpaired) electrons. The van der Waals surface area contributed by atoms with E-state index in [0.29, 0.717) is 6.54 Å². The van der Waals surface area contributed by atoms with Crippen molar-refractivity contribution < 1.29 is 4.74 Å². The van der Waals surface area contributed by atoms with Crippen LogP contribution in [0.4, 0.5) is 0 Å². The van der Waals surface area contributed by atoms with Crippen LogP contribution in [-0.4, -0.2) is 42.5 Å². The molecule has 0 bridgehead atoms. The van der Waals surface area contributed by atoms with Crippen molar-refractivity contribution >= 4 is 41.5 Å². The van der Waals surface area contributed by atoms with Crippen LogP contribution in [0.1, 0.15) is 24.1 Å². The molecule has 1 aromatic heterocycles. The molecular formula is C19H27ClIN5O. The van der Waals surface area contributed by atoms with Crippen LogP contribution in [0.15, 0.2) is 41.5 Å². The maximum Gasteiger partial charge on any atom is 0.191 e. The maximum atomic E-state index is 6.52. The molecule has 1 aromatic carbocycles. The highest BCUT2D eigenvalue weighted by molar-refractivity contribution is 14.0. The van der Waals surface area contributed by atoms with Gasteiger partial charge in [-0.15, -0.1) is 24.0 Å². The van der Waals surface area contributed by atoms with Gasteiger partial charge in [0.15, 0.2) is 5.96 Å². The van der Waals surface area contributed by atoms with Gasteiger partial charge in [0.05, 0.1) is 12.2 Å². The van der Waals surface area contributed by atoms with E-state index in [0.717, 1.165) is 49.3 Å². The minimum atomic E-state index is -0.0548. The number of nitrogens with one attached hydrogen (secondary N) is 2. The summed E-state index contributed by atoms with van der Waals surface area (Å²) in [5.74, 6) is 0.768. The normalized spacial score (nSPS) is 16.5. The van der Waals surface area contributed by atoms with Crippen LogP contribution in [0.25, 0.3) is 0 Å². The number of ether oxygens (including phenoxy) is 1. The van der Waals surface area contributed by atoms with Gasteiger partial charge in [-0.25, -0.2) is 0 Å². The molecule has 0 unspecified atom stereocenters. The number of aromatic nitrogens is 2. The number of benzene rings is 1. The van der Waals surface area contributed by atoms with Gasteiger partial charge in [-0.3, -0.25) is 9.67 Å². The van der Waals surface area contributed by atoms with Crippen molar-refractivity contribution in [3.05, 3.63) is 52.8 Å². The molecular weight excluding hydrogens is 477 g/mol. The Hall–Kier alpha value is -1.32. The van der Waals surface area contributed by atoms with Crippen LogP contribution in [0, 0.1) is 0 Å². The van der Waals surface area contributed by atoms with Gasteiger partial charge < -0.3 is 15.4 Å². The zero-order valence-electron chi connectivity index (χ0n) is 15.7. The largest absolute Gasteiger partial charge is 0.381 e. The Balaban J connectivity index is 0.00000261. The Kier molecular flexibility index (Phi) is 8.37. The highest BCUT2D eigenvalue weighted by Crippen LogP contribution is 2.38. The number of aliphatic imine (C=N–C) groups is 1. The van der Waals surface area contributed by atoms with Crippen molar-refractivity contribution in [2.45, 2.75) is 24.8 Å². The van der Waals surface area contributed by atoms with Crippen molar-refractivity contribution in [2.24, 2.45) is 12.0 Å². The van der Waals surface area contributed by atoms with Crippen molar-refractivity contribution in [2.75, 3.05) is 26.8 Å². The van der Waals surface area contributed by atoms with E-state index >= 15 is 0 Å². The molecule has 6 nitrogen and oxygen atoms in total. The van der Waals surface area contributed by atoms with E-state index < -0.39 is 0 Å². The quantitative estimate of drug-likeness (QED) is 0.374. The molecule has 0 spiro atoms. The molecule has 0 aliphatic carbocycles. The van der Waals surface area contributed by atoms with E-state index in [1.165, 1.54) is 5.56 Å². The fraction of sp³-hybridized carbons (Fsp3) is 0.474. The summed E-state index contributed by atoms with van der Waals surface area (Å²) in [6.45, 7) is 2.91. The van der Waals surface area contributed by atoms with Crippen molar-refractivity contribution in [1.82, 2.24) is 20.4 Å². The van der Waals surface area contributed by atoms with E-state index in [-0.39, 0.29) is 29.4 Å². The summed E-state index contributed by atoms with van der Waals surface area (Å²) in [6.07, 6.45) is 3.66. The summed E-state index contributed by atoms with van der Waals surface area (Å²) in [7, 11) is 3.71. The zero-order valence-corrected chi connectivity index (χ0v) is 18.8. The molecule has 0 amide bonds. The molecule has 2 heterocycles.